The van der Waals surface area contributed by atoms with Crippen LogP contribution < -0.4 is 0 Å². The molecule has 55 heavy (non-hydrogen) atoms. The van der Waals surface area contributed by atoms with Gasteiger partial charge in [-0.2, -0.15) is 0 Å². The number of para-hydroxylation sites is 2. The van der Waals surface area contributed by atoms with Gasteiger partial charge in [-0.15, -0.1) is 0 Å². The van der Waals surface area contributed by atoms with Crippen LogP contribution in [-0.4, -0.2) is 9.13 Å². The van der Waals surface area contributed by atoms with Gasteiger partial charge in [0.05, 0.1) is 27.8 Å². The zero-order chi connectivity index (χ0) is 36.4. The third kappa shape index (κ3) is 4.20. The summed E-state index contributed by atoms with van der Waals surface area (Å²) in [5, 5.41) is 10.1. The van der Waals surface area contributed by atoms with Gasteiger partial charge >= 0.3 is 0 Å². The molecule has 1 aliphatic rings. The van der Waals surface area contributed by atoms with Crippen LogP contribution in [0.2, 0.25) is 0 Å². The first-order valence-electron chi connectivity index (χ1n) is 19.3. The molecule has 0 N–H and O–H groups in total. The Morgan fingerprint density at radius 1 is 0.345 bits per heavy atom. The van der Waals surface area contributed by atoms with Gasteiger partial charge in [-0.1, -0.05) is 135 Å². The van der Waals surface area contributed by atoms with Crippen molar-refractivity contribution < 1.29 is 0 Å². The van der Waals surface area contributed by atoms with E-state index in [-0.39, 0.29) is 5.41 Å². The van der Waals surface area contributed by atoms with Gasteiger partial charge in [0, 0.05) is 38.0 Å². The van der Waals surface area contributed by atoms with E-state index in [0.717, 1.165) is 0 Å². The van der Waals surface area contributed by atoms with Gasteiger partial charge in [0.1, 0.15) is 0 Å². The predicted octanol–water partition coefficient (Wildman–Crippen LogP) is 14.2. The van der Waals surface area contributed by atoms with Gasteiger partial charge in [0.15, 0.2) is 0 Å². The van der Waals surface area contributed by atoms with Crippen molar-refractivity contribution in [1.29, 1.82) is 0 Å². The van der Waals surface area contributed by atoms with Crippen LogP contribution in [0.15, 0.2) is 182 Å². The highest BCUT2D eigenvalue weighted by molar-refractivity contribution is 6.16. The smallest absolute Gasteiger partial charge is 0.0546 e. The van der Waals surface area contributed by atoms with Gasteiger partial charge in [-0.25, -0.2) is 0 Å². The lowest BCUT2D eigenvalue weighted by Gasteiger charge is -2.21. The predicted molar refractivity (Wildman–Crippen MR) is 233 cm³/mol. The maximum atomic E-state index is 2.47. The second kappa shape index (κ2) is 11.1. The van der Waals surface area contributed by atoms with Crippen molar-refractivity contribution in [2.45, 2.75) is 19.3 Å². The summed E-state index contributed by atoms with van der Waals surface area (Å²) in [5.74, 6) is 0. The second-order valence-electron chi connectivity index (χ2n) is 15.7. The zero-order valence-corrected chi connectivity index (χ0v) is 30.7. The molecule has 11 aromatic rings. The van der Waals surface area contributed by atoms with E-state index in [4.69, 9.17) is 0 Å². The Hall–Kier alpha value is -6.90. The minimum atomic E-state index is -0.0724. The molecule has 2 nitrogen and oxygen atoms in total. The normalized spacial score (nSPS) is 13.4. The van der Waals surface area contributed by atoms with Crippen molar-refractivity contribution in [2.24, 2.45) is 0 Å². The fraction of sp³-hybridized carbons (Fsp3) is 0.0566. The number of fused-ring (bicyclic) bond motifs is 12. The standard InChI is InChI=1S/C53H36N2/c1-53(2)46-22-12-10-19-39(46)42-31-45-44-29-34(24-26-49(44)54(52(45)32-47(42)53)36-15-4-3-5-16-36)33-25-27-50-43(28-33)41-21-11-13-23-48(41)55(50)51-30-35-14-6-7-17-37(35)38-18-8-9-20-40(38)51/h3-32H,1-2H3. The highest BCUT2D eigenvalue weighted by atomic mass is 15.0. The molecule has 2 aromatic heterocycles. The Bertz CT molecular complexity index is 3390. The average molecular weight is 701 g/mol. The molecule has 258 valence electrons. The fourth-order valence-corrected chi connectivity index (χ4v) is 9.88. The van der Waals surface area contributed by atoms with Crippen LogP contribution in [0.5, 0.6) is 0 Å². The van der Waals surface area contributed by atoms with E-state index in [0.29, 0.717) is 0 Å². The molecule has 0 fully saturated rings. The van der Waals surface area contributed by atoms with Crippen LogP contribution >= 0.6 is 0 Å². The third-order valence-electron chi connectivity index (χ3n) is 12.5. The van der Waals surface area contributed by atoms with Crippen LogP contribution in [0.1, 0.15) is 25.0 Å². The summed E-state index contributed by atoms with van der Waals surface area (Å²) in [6, 6.07) is 67.6. The van der Waals surface area contributed by atoms with Crippen molar-refractivity contribution in [3.63, 3.8) is 0 Å². The molecule has 2 heteroatoms. The molecule has 12 rings (SSSR count). The Labute approximate surface area is 319 Å². The van der Waals surface area contributed by atoms with Gasteiger partial charge in [-0.05, 0) is 110 Å². The maximum Gasteiger partial charge on any atom is 0.0546 e. The topological polar surface area (TPSA) is 9.86 Å². The first-order chi connectivity index (χ1) is 27.0. The highest BCUT2D eigenvalue weighted by Crippen LogP contribution is 2.51. The molecule has 2 heterocycles. The molecular weight excluding hydrogens is 665 g/mol. The molecule has 0 bridgehead atoms. The third-order valence-corrected chi connectivity index (χ3v) is 12.5. The molecule has 0 spiro atoms. The van der Waals surface area contributed by atoms with Crippen molar-refractivity contribution in [3.8, 4) is 33.6 Å². The Morgan fingerprint density at radius 2 is 0.927 bits per heavy atom. The largest absolute Gasteiger partial charge is 0.309 e. The number of hydrogen-bond donors (Lipinski definition) is 0. The quantitative estimate of drug-likeness (QED) is 0.162. The lowest BCUT2D eigenvalue weighted by atomic mass is 9.82. The molecule has 0 aliphatic heterocycles. The summed E-state index contributed by atoms with van der Waals surface area (Å²) in [6.45, 7) is 4.74. The Balaban J connectivity index is 1.10. The maximum absolute atomic E-state index is 2.47. The molecule has 1 aliphatic carbocycles. The lowest BCUT2D eigenvalue weighted by molar-refractivity contribution is 0.661. The summed E-state index contributed by atoms with van der Waals surface area (Å²) >= 11 is 0. The summed E-state index contributed by atoms with van der Waals surface area (Å²) in [4.78, 5) is 0. The number of aromatic nitrogens is 2. The summed E-state index contributed by atoms with van der Waals surface area (Å²) < 4.78 is 4.93. The molecule has 0 saturated heterocycles. The van der Waals surface area contributed by atoms with Crippen molar-refractivity contribution in [1.82, 2.24) is 9.13 Å². The molecule has 9 aromatic carbocycles. The summed E-state index contributed by atoms with van der Waals surface area (Å²) in [6.07, 6.45) is 0. The summed E-state index contributed by atoms with van der Waals surface area (Å²) in [7, 11) is 0. The van der Waals surface area contributed by atoms with Crippen molar-refractivity contribution in [3.05, 3.63) is 193 Å². The minimum absolute atomic E-state index is 0.0724. The number of rotatable bonds is 3. The van der Waals surface area contributed by atoms with Crippen molar-refractivity contribution in [2.75, 3.05) is 0 Å². The van der Waals surface area contributed by atoms with Crippen LogP contribution in [0.3, 0.4) is 0 Å². The van der Waals surface area contributed by atoms with Crippen molar-refractivity contribution >= 4 is 65.2 Å². The molecule has 0 saturated carbocycles. The van der Waals surface area contributed by atoms with Gasteiger partial charge in [0.2, 0.25) is 0 Å². The Morgan fingerprint density at radius 3 is 1.73 bits per heavy atom. The van der Waals surface area contributed by atoms with E-state index in [1.807, 2.05) is 0 Å². The van der Waals surface area contributed by atoms with E-state index < -0.39 is 0 Å². The van der Waals surface area contributed by atoms with Gasteiger partial charge in [-0.3, -0.25) is 0 Å². The highest BCUT2D eigenvalue weighted by Gasteiger charge is 2.36. The van der Waals surface area contributed by atoms with E-state index in [1.54, 1.807) is 0 Å². The van der Waals surface area contributed by atoms with Crippen LogP contribution in [0, 0.1) is 0 Å². The molecular formula is C53H36N2. The fourth-order valence-electron chi connectivity index (χ4n) is 9.88. The molecule has 0 atom stereocenters. The number of hydrogen-bond acceptors (Lipinski definition) is 0. The number of benzene rings is 9. The zero-order valence-electron chi connectivity index (χ0n) is 30.7. The SMILES string of the molecule is CC1(C)c2ccccc2-c2cc3c4cc(-c5ccc6c(c5)c5ccccc5n6-c5cc6ccccc6c6ccccc56)ccc4n(-c4ccccc4)c3cc21. The van der Waals surface area contributed by atoms with E-state index in [2.05, 4.69) is 205 Å². The molecule has 0 amide bonds. The minimum Gasteiger partial charge on any atom is -0.309 e. The van der Waals surface area contributed by atoms with Crippen LogP contribution in [-0.2, 0) is 5.41 Å². The first-order valence-corrected chi connectivity index (χ1v) is 19.3. The Kier molecular flexibility index (Phi) is 6.15. The van der Waals surface area contributed by atoms with Crippen LogP contribution in [0.25, 0.3) is 98.8 Å². The first kappa shape index (κ1) is 30.6. The van der Waals surface area contributed by atoms with Crippen LogP contribution in [0.4, 0.5) is 0 Å². The molecule has 0 unspecified atom stereocenters. The molecule has 0 radical (unpaired) electrons. The second-order valence-corrected chi connectivity index (χ2v) is 15.7. The lowest BCUT2D eigenvalue weighted by Crippen LogP contribution is -2.14. The number of nitrogens with zero attached hydrogens (tertiary/aromatic N) is 2. The van der Waals surface area contributed by atoms with E-state index in [9.17, 15) is 0 Å². The monoisotopic (exact) mass is 700 g/mol. The van der Waals surface area contributed by atoms with E-state index >= 15 is 0 Å². The van der Waals surface area contributed by atoms with E-state index in [1.165, 1.54) is 110 Å². The average Bonchev–Trinajstić information content (AvgIpc) is 3.82. The van der Waals surface area contributed by atoms with Gasteiger partial charge in [0.25, 0.3) is 0 Å². The van der Waals surface area contributed by atoms with Gasteiger partial charge < -0.3 is 9.13 Å². The summed E-state index contributed by atoms with van der Waals surface area (Å²) in [5.41, 5.74) is 15.1.